The normalized spacial score (nSPS) is 9.25. The lowest BCUT2D eigenvalue weighted by atomic mass is 10.2. The number of ether oxygens (including phenoxy) is 2. The number of para-hydroxylation sites is 1. The maximum absolute atomic E-state index is 10.7. The fraction of sp³-hybridized carbons (Fsp3) is 0.154. The third-order valence-electron chi connectivity index (χ3n) is 1.89. The maximum Gasteiger partial charge on any atom is 0.330 e. The summed E-state index contributed by atoms with van der Waals surface area (Å²) in [6.07, 6.45) is 2.84. The Hall–Kier alpha value is -2.03. The molecule has 3 nitrogen and oxygen atoms in total. The van der Waals surface area contributed by atoms with Crippen molar-refractivity contribution in [2.24, 2.45) is 0 Å². The molecule has 3 heteroatoms. The zero-order chi connectivity index (χ0) is 11.8. The van der Waals surface area contributed by atoms with E-state index in [0.717, 1.165) is 17.4 Å². The molecule has 0 unspecified atom stereocenters. The number of benzene rings is 1. The van der Waals surface area contributed by atoms with Crippen molar-refractivity contribution in [1.82, 2.24) is 0 Å². The second-order valence-corrected chi connectivity index (χ2v) is 2.96. The summed E-state index contributed by atoms with van der Waals surface area (Å²) in [6, 6.07) is 7.52. The Morgan fingerprint density at radius 2 is 2.00 bits per heavy atom. The van der Waals surface area contributed by atoms with Crippen LogP contribution in [-0.4, -0.2) is 19.2 Å². The van der Waals surface area contributed by atoms with Gasteiger partial charge in [-0.3, -0.25) is 0 Å². The molecular weight excluding hydrogens is 204 g/mol. The van der Waals surface area contributed by atoms with Crippen LogP contribution in [-0.2, 0) is 9.53 Å². The van der Waals surface area contributed by atoms with Gasteiger partial charge in [0, 0.05) is 11.6 Å². The van der Waals surface area contributed by atoms with Crippen molar-refractivity contribution < 1.29 is 14.3 Å². The number of hydrogen-bond acceptors (Lipinski definition) is 3. The van der Waals surface area contributed by atoms with Gasteiger partial charge in [-0.2, -0.15) is 0 Å². The van der Waals surface area contributed by atoms with Gasteiger partial charge in [0.2, 0.25) is 0 Å². The lowest BCUT2D eigenvalue weighted by Gasteiger charge is -2.08. The molecule has 0 heterocycles. The van der Waals surface area contributed by atoms with Crippen LogP contribution in [0.5, 0.6) is 5.75 Å². The molecular formula is C13H14O3. The average molecular weight is 218 g/mol. The van der Waals surface area contributed by atoms with Gasteiger partial charge in [-0.15, -0.1) is 0 Å². The Kier molecular flexibility index (Phi) is 4.86. The largest absolute Gasteiger partial charge is 0.489 e. The number of carbonyl (C=O) groups is 1. The van der Waals surface area contributed by atoms with Gasteiger partial charge in [0.15, 0.2) is 0 Å². The first-order valence-electron chi connectivity index (χ1n) is 4.91. The topological polar surface area (TPSA) is 35.5 Å². The molecule has 0 aliphatic rings. The molecule has 0 amide bonds. The molecule has 1 aromatic carbocycles. The summed E-state index contributed by atoms with van der Waals surface area (Å²) >= 11 is 0. The predicted molar refractivity (Wildman–Crippen MR) is 63.2 cm³/mol. The van der Waals surface area contributed by atoms with E-state index in [1.165, 1.54) is 0 Å². The molecule has 0 atom stereocenters. The smallest absolute Gasteiger partial charge is 0.330 e. The minimum atomic E-state index is -0.444. The fourth-order valence-corrected chi connectivity index (χ4v) is 1.13. The van der Waals surface area contributed by atoms with Gasteiger partial charge in [0.05, 0.1) is 0 Å². The monoisotopic (exact) mass is 218 g/mol. The zero-order valence-electron chi connectivity index (χ0n) is 9.02. The summed E-state index contributed by atoms with van der Waals surface area (Å²) in [6.45, 7) is 7.49. The Bertz CT molecular complexity index is 383. The maximum atomic E-state index is 10.7. The number of carbonyl (C=O) groups excluding carboxylic acids is 1. The van der Waals surface area contributed by atoms with E-state index in [4.69, 9.17) is 9.47 Å². The SMILES string of the molecule is C=CC(=O)OCCOc1ccccc1C=C. The summed E-state index contributed by atoms with van der Waals surface area (Å²) in [7, 11) is 0. The summed E-state index contributed by atoms with van der Waals surface area (Å²) in [4.78, 5) is 10.7. The lowest BCUT2D eigenvalue weighted by molar-refractivity contribution is -0.138. The van der Waals surface area contributed by atoms with Crippen molar-refractivity contribution in [2.75, 3.05) is 13.2 Å². The summed E-state index contributed by atoms with van der Waals surface area (Å²) < 4.78 is 10.2. The van der Waals surface area contributed by atoms with Gasteiger partial charge in [-0.1, -0.05) is 37.4 Å². The van der Waals surface area contributed by atoms with E-state index >= 15 is 0 Å². The van der Waals surface area contributed by atoms with Crippen molar-refractivity contribution in [2.45, 2.75) is 0 Å². The molecule has 0 fully saturated rings. The van der Waals surface area contributed by atoms with Crippen LogP contribution in [0.3, 0.4) is 0 Å². The van der Waals surface area contributed by atoms with Crippen LogP contribution in [0.25, 0.3) is 6.08 Å². The Labute approximate surface area is 95.0 Å². The van der Waals surface area contributed by atoms with E-state index in [-0.39, 0.29) is 6.61 Å². The molecule has 0 aromatic heterocycles. The molecule has 0 aliphatic carbocycles. The molecule has 0 bridgehead atoms. The van der Waals surface area contributed by atoms with E-state index in [9.17, 15) is 4.79 Å². The van der Waals surface area contributed by atoms with Crippen LogP contribution in [0.2, 0.25) is 0 Å². The molecule has 0 aliphatic heterocycles. The quantitative estimate of drug-likeness (QED) is 0.418. The van der Waals surface area contributed by atoms with Crippen molar-refractivity contribution in [3.63, 3.8) is 0 Å². The van der Waals surface area contributed by atoms with E-state index in [0.29, 0.717) is 6.61 Å². The molecule has 1 rings (SSSR count). The van der Waals surface area contributed by atoms with Crippen molar-refractivity contribution in [3.8, 4) is 5.75 Å². The average Bonchev–Trinajstić information content (AvgIpc) is 2.34. The highest BCUT2D eigenvalue weighted by Crippen LogP contribution is 2.18. The van der Waals surface area contributed by atoms with Crippen LogP contribution < -0.4 is 4.74 Å². The van der Waals surface area contributed by atoms with Crippen molar-refractivity contribution in [1.29, 1.82) is 0 Å². The first-order chi connectivity index (χ1) is 7.77. The Balaban J connectivity index is 2.39. The second-order valence-electron chi connectivity index (χ2n) is 2.96. The summed E-state index contributed by atoms with van der Waals surface area (Å²) in [5, 5.41) is 0. The van der Waals surface area contributed by atoms with Gasteiger partial charge in [-0.25, -0.2) is 4.79 Å². The molecule has 16 heavy (non-hydrogen) atoms. The van der Waals surface area contributed by atoms with E-state index in [1.54, 1.807) is 6.08 Å². The standard InChI is InChI=1S/C13H14O3/c1-3-11-7-5-6-8-12(11)15-9-10-16-13(14)4-2/h3-8H,1-2,9-10H2. The lowest BCUT2D eigenvalue weighted by Crippen LogP contribution is -2.10. The Morgan fingerprint density at radius 3 is 2.69 bits per heavy atom. The summed E-state index contributed by atoms with van der Waals surface area (Å²) in [5.74, 6) is 0.285. The van der Waals surface area contributed by atoms with Gasteiger partial charge in [-0.05, 0) is 6.07 Å². The molecule has 0 N–H and O–H groups in total. The zero-order valence-corrected chi connectivity index (χ0v) is 9.02. The van der Waals surface area contributed by atoms with Crippen LogP contribution in [0.1, 0.15) is 5.56 Å². The number of esters is 1. The van der Waals surface area contributed by atoms with Crippen LogP contribution >= 0.6 is 0 Å². The molecule has 0 saturated carbocycles. The van der Waals surface area contributed by atoms with E-state index in [2.05, 4.69) is 13.2 Å². The first-order valence-corrected chi connectivity index (χ1v) is 4.91. The van der Waals surface area contributed by atoms with Gasteiger partial charge >= 0.3 is 5.97 Å². The third-order valence-corrected chi connectivity index (χ3v) is 1.89. The second kappa shape index (κ2) is 6.45. The van der Waals surface area contributed by atoms with Crippen LogP contribution in [0, 0.1) is 0 Å². The third kappa shape index (κ3) is 3.61. The highest BCUT2D eigenvalue weighted by Gasteiger charge is 1.99. The minimum absolute atomic E-state index is 0.205. The highest BCUT2D eigenvalue weighted by molar-refractivity contribution is 5.81. The molecule has 84 valence electrons. The van der Waals surface area contributed by atoms with Crippen LogP contribution in [0.15, 0.2) is 43.5 Å². The highest BCUT2D eigenvalue weighted by atomic mass is 16.6. The van der Waals surface area contributed by atoms with Crippen molar-refractivity contribution >= 4 is 12.0 Å². The fourth-order valence-electron chi connectivity index (χ4n) is 1.13. The molecule has 0 radical (unpaired) electrons. The van der Waals surface area contributed by atoms with E-state index < -0.39 is 5.97 Å². The predicted octanol–water partition coefficient (Wildman–Crippen LogP) is 2.44. The van der Waals surface area contributed by atoms with Gasteiger partial charge in [0.25, 0.3) is 0 Å². The first kappa shape index (κ1) is 12.0. The molecule has 0 spiro atoms. The van der Waals surface area contributed by atoms with Crippen LogP contribution in [0.4, 0.5) is 0 Å². The summed E-state index contributed by atoms with van der Waals surface area (Å²) in [5.41, 5.74) is 0.914. The van der Waals surface area contributed by atoms with Gasteiger partial charge in [0.1, 0.15) is 19.0 Å². The number of hydrogen-bond donors (Lipinski definition) is 0. The van der Waals surface area contributed by atoms with Gasteiger partial charge < -0.3 is 9.47 Å². The minimum Gasteiger partial charge on any atom is -0.489 e. The Morgan fingerprint density at radius 1 is 1.25 bits per heavy atom. The number of rotatable bonds is 6. The molecule has 1 aromatic rings. The van der Waals surface area contributed by atoms with Crippen molar-refractivity contribution in [3.05, 3.63) is 49.1 Å². The van der Waals surface area contributed by atoms with E-state index in [1.807, 2.05) is 24.3 Å². The molecule has 0 saturated heterocycles.